The first-order valence-corrected chi connectivity index (χ1v) is 12.0. The van der Waals surface area contributed by atoms with Crippen LogP contribution in [-0.2, 0) is 0 Å². The molecule has 1 aliphatic rings. The molecule has 2 aromatic carbocycles. The van der Waals surface area contributed by atoms with E-state index in [1.54, 1.807) is 6.20 Å². The monoisotopic (exact) mass is 455 g/mol. The first-order chi connectivity index (χ1) is 16.6. The van der Waals surface area contributed by atoms with Crippen LogP contribution in [0.4, 0.5) is 0 Å². The Kier molecular flexibility index (Phi) is 7.91. The van der Waals surface area contributed by atoms with E-state index in [0.29, 0.717) is 30.5 Å². The van der Waals surface area contributed by atoms with Gasteiger partial charge in [-0.2, -0.15) is 0 Å². The van der Waals surface area contributed by atoms with E-state index in [0.717, 1.165) is 36.8 Å². The minimum Gasteiger partial charge on any atom is -0.370 e. The van der Waals surface area contributed by atoms with Crippen molar-refractivity contribution in [2.75, 3.05) is 13.1 Å². The Balaban J connectivity index is 1.62. The van der Waals surface area contributed by atoms with Crippen molar-refractivity contribution in [2.24, 2.45) is 28.3 Å². The van der Waals surface area contributed by atoms with Crippen LogP contribution in [0.2, 0.25) is 0 Å². The second-order valence-electron chi connectivity index (χ2n) is 9.08. The number of carbonyl (C=O) groups excluding carboxylic acids is 1. The number of aromatic nitrogens is 1. The highest BCUT2D eigenvalue weighted by molar-refractivity contribution is 5.94. The number of guanidine groups is 1. The second kappa shape index (κ2) is 11.5. The lowest BCUT2D eigenvalue weighted by molar-refractivity contribution is 0.0646. The Morgan fingerprint density at radius 1 is 0.882 bits per heavy atom. The molecule has 4 rings (SSSR count). The van der Waals surface area contributed by atoms with E-state index in [1.165, 1.54) is 0 Å². The summed E-state index contributed by atoms with van der Waals surface area (Å²) in [7, 11) is 0. The summed E-state index contributed by atoms with van der Waals surface area (Å²) in [4.78, 5) is 24.5. The number of benzene rings is 2. The molecule has 6 heteroatoms. The molecule has 176 valence electrons. The fraction of sp³-hybridized carbons (Fsp3) is 0.321. The molecule has 1 amide bonds. The Labute approximate surface area is 201 Å². The van der Waals surface area contributed by atoms with E-state index in [-0.39, 0.29) is 17.9 Å². The molecule has 1 heterocycles. The summed E-state index contributed by atoms with van der Waals surface area (Å²) in [6, 6.07) is 23.6. The van der Waals surface area contributed by atoms with Gasteiger partial charge < -0.3 is 16.4 Å². The van der Waals surface area contributed by atoms with E-state index in [1.807, 2.05) is 65.7 Å². The minimum atomic E-state index is -0.207. The number of carbonyl (C=O) groups is 1. The van der Waals surface area contributed by atoms with Crippen molar-refractivity contribution in [3.05, 3.63) is 102 Å². The summed E-state index contributed by atoms with van der Waals surface area (Å²) in [5, 5.41) is 0. The van der Waals surface area contributed by atoms with Crippen LogP contribution in [0, 0.1) is 11.8 Å². The van der Waals surface area contributed by atoms with Crippen LogP contribution >= 0.6 is 0 Å². The molecule has 6 nitrogen and oxygen atoms in total. The van der Waals surface area contributed by atoms with Crippen molar-refractivity contribution < 1.29 is 4.79 Å². The molecule has 1 aromatic heterocycles. The Bertz CT molecular complexity index is 1020. The van der Waals surface area contributed by atoms with Gasteiger partial charge in [-0.1, -0.05) is 54.6 Å². The predicted octanol–water partition coefficient (Wildman–Crippen LogP) is 4.39. The lowest BCUT2D eigenvalue weighted by Gasteiger charge is -2.37. The average Bonchev–Trinajstić information content (AvgIpc) is 2.89. The number of nitrogens with zero attached hydrogens (tertiary/aromatic N) is 3. The molecule has 34 heavy (non-hydrogen) atoms. The standard InChI is InChI=1S/C28H33N5O/c29-28(30)32-18-21-13-15-22(16-14-21)20-33(27(34)24-10-5-2-6-11-24)26(23-8-3-1-4-9-23)25-12-7-17-31-19-25/h1-12,17,19,21-22,26H,13-16,18,20H2,(H4,29,30,32). The van der Waals surface area contributed by atoms with Crippen LogP contribution in [-0.4, -0.2) is 34.8 Å². The van der Waals surface area contributed by atoms with Gasteiger partial charge in [0.2, 0.25) is 0 Å². The number of aliphatic imine (C=N–C) groups is 1. The number of hydrogen-bond acceptors (Lipinski definition) is 3. The van der Waals surface area contributed by atoms with Gasteiger partial charge in [-0.3, -0.25) is 14.8 Å². The maximum Gasteiger partial charge on any atom is 0.254 e. The summed E-state index contributed by atoms with van der Waals surface area (Å²) < 4.78 is 0. The molecule has 0 saturated heterocycles. The van der Waals surface area contributed by atoms with E-state index in [4.69, 9.17) is 11.5 Å². The first kappa shape index (κ1) is 23.5. The quantitative estimate of drug-likeness (QED) is 0.389. The van der Waals surface area contributed by atoms with Gasteiger partial charge in [0.05, 0.1) is 6.04 Å². The molecule has 1 atom stereocenters. The van der Waals surface area contributed by atoms with Crippen molar-refractivity contribution in [1.82, 2.24) is 9.88 Å². The van der Waals surface area contributed by atoms with Crippen LogP contribution in [0.3, 0.4) is 0 Å². The van der Waals surface area contributed by atoms with E-state index >= 15 is 0 Å². The van der Waals surface area contributed by atoms with Crippen molar-refractivity contribution in [3.8, 4) is 0 Å². The zero-order chi connectivity index (χ0) is 23.8. The zero-order valence-electron chi connectivity index (χ0n) is 19.5. The van der Waals surface area contributed by atoms with Crippen LogP contribution in [0.5, 0.6) is 0 Å². The van der Waals surface area contributed by atoms with Gasteiger partial charge in [0.15, 0.2) is 5.96 Å². The van der Waals surface area contributed by atoms with Gasteiger partial charge in [-0.25, -0.2) is 0 Å². The van der Waals surface area contributed by atoms with Crippen molar-refractivity contribution in [1.29, 1.82) is 0 Å². The third-order valence-electron chi connectivity index (χ3n) is 6.66. The highest BCUT2D eigenvalue weighted by atomic mass is 16.2. The largest absolute Gasteiger partial charge is 0.370 e. The highest BCUT2D eigenvalue weighted by Crippen LogP contribution is 2.35. The molecule has 1 saturated carbocycles. The van der Waals surface area contributed by atoms with Gasteiger partial charge in [-0.15, -0.1) is 0 Å². The summed E-state index contributed by atoms with van der Waals surface area (Å²) in [5.74, 6) is 1.12. The lowest BCUT2D eigenvalue weighted by atomic mass is 9.81. The van der Waals surface area contributed by atoms with Crippen molar-refractivity contribution >= 4 is 11.9 Å². The van der Waals surface area contributed by atoms with Crippen LogP contribution in [0.15, 0.2) is 90.2 Å². The molecule has 1 aliphatic carbocycles. The first-order valence-electron chi connectivity index (χ1n) is 12.0. The van der Waals surface area contributed by atoms with Gasteiger partial charge in [0.25, 0.3) is 5.91 Å². The lowest BCUT2D eigenvalue weighted by Crippen LogP contribution is -2.40. The maximum atomic E-state index is 13.9. The van der Waals surface area contributed by atoms with Gasteiger partial charge in [-0.05, 0) is 66.8 Å². The van der Waals surface area contributed by atoms with Gasteiger partial charge >= 0.3 is 0 Å². The maximum absolute atomic E-state index is 13.9. The van der Waals surface area contributed by atoms with Crippen molar-refractivity contribution in [3.63, 3.8) is 0 Å². The Morgan fingerprint density at radius 2 is 1.50 bits per heavy atom. The molecule has 0 aliphatic heterocycles. The van der Waals surface area contributed by atoms with E-state index < -0.39 is 0 Å². The van der Waals surface area contributed by atoms with Gasteiger partial charge in [0.1, 0.15) is 0 Å². The highest BCUT2D eigenvalue weighted by Gasteiger charge is 2.31. The summed E-state index contributed by atoms with van der Waals surface area (Å²) >= 11 is 0. The molecule has 1 fully saturated rings. The number of amides is 1. The average molecular weight is 456 g/mol. The molecule has 1 unspecified atom stereocenters. The van der Waals surface area contributed by atoms with Crippen LogP contribution in [0.1, 0.15) is 53.2 Å². The number of rotatable bonds is 8. The molecule has 0 spiro atoms. The number of pyridine rings is 1. The van der Waals surface area contributed by atoms with E-state index in [9.17, 15) is 4.79 Å². The Hall–Kier alpha value is -3.67. The Morgan fingerprint density at radius 3 is 2.12 bits per heavy atom. The smallest absolute Gasteiger partial charge is 0.254 e. The van der Waals surface area contributed by atoms with Crippen LogP contribution < -0.4 is 11.5 Å². The van der Waals surface area contributed by atoms with E-state index in [2.05, 4.69) is 28.2 Å². The molecule has 0 radical (unpaired) electrons. The third kappa shape index (κ3) is 6.01. The molecule has 3 aromatic rings. The number of hydrogen-bond donors (Lipinski definition) is 2. The minimum absolute atomic E-state index is 0.0425. The van der Waals surface area contributed by atoms with Gasteiger partial charge in [0, 0.05) is 31.0 Å². The summed E-state index contributed by atoms with van der Waals surface area (Å²) in [6.07, 6.45) is 7.88. The fourth-order valence-corrected chi connectivity index (χ4v) is 4.89. The topological polar surface area (TPSA) is 97.6 Å². The third-order valence-corrected chi connectivity index (χ3v) is 6.66. The molecule has 0 bridgehead atoms. The van der Waals surface area contributed by atoms with Crippen LogP contribution in [0.25, 0.3) is 0 Å². The summed E-state index contributed by atoms with van der Waals surface area (Å²) in [5.41, 5.74) is 13.8. The molecular weight excluding hydrogens is 422 g/mol. The van der Waals surface area contributed by atoms with Crippen molar-refractivity contribution in [2.45, 2.75) is 31.7 Å². The zero-order valence-corrected chi connectivity index (χ0v) is 19.5. The normalized spacial score (nSPS) is 18.6. The molecular formula is C28H33N5O. The second-order valence-corrected chi connectivity index (χ2v) is 9.08. The molecule has 4 N–H and O–H groups in total. The number of nitrogens with two attached hydrogens (primary N) is 2. The SMILES string of the molecule is NC(N)=NCC1CCC(CN(C(=O)c2ccccc2)C(c2ccccc2)c2cccnc2)CC1. The summed E-state index contributed by atoms with van der Waals surface area (Å²) in [6.45, 7) is 1.38. The fourth-order valence-electron chi connectivity index (χ4n) is 4.89. The predicted molar refractivity (Wildman–Crippen MR) is 136 cm³/mol.